The van der Waals surface area contributed by atoms with Crippen LogP contribution >= 0.6 is 0 Å². The Labute approximate surface area is 195 Å². The number of amides is 1. The summed E-state index contributed by atoms with van der Waals surface area (Å²) >= 11 is 0. The van der Waals surface area contributed by atoms with Crippen LogP contribution in [0.5, 0.6) is 0 Å². The Morgan fingerprint density at radius 2 is 2.03 bits per heavy atom. The summed E-state index contributed by atoms with van der Waals surface area (Å²) in [5.41, 5.74) is 0.0518. The third-order valence-corrected chi connectivity index (χ3v) is 6.74. The molecule has 0 saturated heterocycles. The summed E-state index contributed by atoms with van der Waals surface area (Å²) in [7, 11) is 1.96. The third-order valence-electron chi connectivity index (χ3n) is 6.74. The number of aldehydes is 1. The van der Waals surface area contributed by atoms with Gasteiger partial charge in [0.25, 0.3) is 12.3 Å². The molecule has 1 N–H and O–H groups in total. The molecule has 2 fully saturated rings. The Morgan fingerprint density at radius 3 is 2.71 bits per heavy atom. The molecule has 0 aliphatic heterocycles. The van der Waals surface area contributed by atoms with Gasteiger partial charge in [0.15, 0.2) is 11.3 Å². The number of hydrogen-bond donors (Lipinski definition) is 1. The van der Waals surface area contributed by atoms with Crippen molar-refractivity contribution in [3.8, 4) is 0 Å². The van der Waals surface area contributed by atoms with Gasteiger partial charge < -0.3 is 15.0 Å². The van der Waals surface area contributed by atoms with Crippen LogP contribution in [0.4, 0.5) is 20.3 Å². The van der Waals surface area contributed by atoms with Gasteiger partial charge in [-0.25, -0.2) is 18.3 Å². The molecule has 0 atom stereocenters. The molecule has 0 spiro atoms. The van der Waals surface area contributed by atoms with Crippen molar-refractivity contribution in [1.82, 2.24) is 24.4 Å². The van der Waals surface area contributed by atoms with Gasteiger partial charge in [-0.1, -0.05) is 0 Å². The summed E-state index contributed by atoms with van der Waals surface area (Å²) in [5.74, 6) is 0.835. The quantitative estimate of drug-likeness (QED) is 0.501. The van der Waals surface area contributed by atoms with Crippen LogP contribution in [0.25, 0.3) is 5.65 Å². The van der Waals surface area contributed by atoms with Crippen molar-refractivity contribution >= 4 is 29.3 Å². The van der Waals surface area contributed by atoms with Crippen LogP contribution in [0.3, 0.4) is 0 Å². The molecule has 2 saturated carbocycles. The lowest BCUT2D eigenvalue weighted by Crippen LogP contribution is -2.21. The van der Waals surface area contributed by atoms with E-state index in [0.717, 1.165) is 18.6 Å². The number of halogens is 2. The van der Waals surface area contributed by atoms with E-state index >= 15 is 0 Å². The summed E-state index contributed by atoms with van der Waals surface area (Å²) < 4.78 is 30.4. The maximum Gasteiger partial charge on any atom is 0.284 e. The lowest BCUT2D eigenvalue weighted by atomic mass is 9.87. The molecule has 3 heterocycles. The van der Waals surface area contributed by atoms with E-state index in [9.17, 15) is 18.4 Å². The van der Waals surface area contributed by atoms with Gasteiger partial charge in [-0.3, -0.25) is 9.48 Å². The fourth-order valence-corrected chi connectivity index (χ4v) is 4.56. The minimum Gasteiger partial charge on any atom is -0.359 e. The topological polar surface area (TPSA) is 97.4 Å². The second-order valence-corrected chi connectivity index (χ2v) is 9.30. The first-order valence-corrected chi connectivity index (χ1v) is 11.6. The van der Waals surface area contributed by atoms with Crippen molar-refractivity contribution in [3.05, 3.63) is 35.9 Å². The number of aromatic nitrogens is 5. The Kier molecular flexibility index (Phi) is 6.01. The lowest BCUT2D eigenvalue weighted by molar-refractivity contribution is -0.112. The van der Waals surface area contributed by atoms with Gasteiger partial charge in [-0.2, -0.15) is 10.2 Å². The highest BCUT2D eigenvalue weighted by Crippen LogP contribution is 2.34. The maximum absolute atomic E-state index is 13.7. The summed E-state index contributed by atoms with van der Waals surface area (Å²) in [5, 5.41) is 10.8. The van der Waals surface area contributed by atoms with E-state index in [1.165, 1.54) is 34.4 Å². The SMILES string of the molecule is CN(CC1CC1)c1ccn2ncc(C(=O)Nc3cn([C@H]4CC[C@H](C=O)CC4)nc3C(F)F)c2n1. The lowest BCUT2D eigenvalue weighted by Gasteiger charge is -2.25. The van der Waals surface area contributed by atoms with Crippen molar-refractivity contribution in [2.75, 3.05) is 23.8 Å². The van der Waals surface area contributed by atoms with Gasteiger partial charge >= 0.3 is 0 Å². The average Bonchev–Trinajstić information content (AvgIpc) is 3.39. The van der Waals surface area contributed by atoms with Crippen LogP contribution in [-0.4, -0.2) is 50.2 Å². The number of carbonyl (C=O) groups excluding carboxylic acids is 2. The molecule has 5 rings (SSSR count). The highest BCUT2D eigenvalue weighted by molar-refractivity contribution is 6.08. The molecule has 2 aliphatic carbocycles. The molecule has 2 aliphatic rings. The highest BCUT2D eigenvalue weighted by Gasteiger charge is 2.28. The highest BCUT2D eigenvalue weighted by atomic mass is 19.3. The fourth-order valence-electron chi connectivity index (χ4n) is 4.56. The predicted molar refractivity (Wildman–Crippen MR) is 121 cm³/mol. The zero-order valence-corrected chi connectivity index (χ0v) is 18.9. The predicted octanol–water partition coefficient (Wildman–Crippen LogP) is 3.89. The number of anilines is 2. The van der Waals surface area contributed by atoms with Crippen LogP contribution < -0.4 is 10.2 Å². The van der Waals surface area contributed by atoms with Crippen molar-refractivity contribution in [1.29, 1.82) is 0 Å². The molecule has 1 amide bonds. The van der Waals surface area contributed by atoms with Gasteiger partial charge in [-0.05, 0) is 50.5 Å². The second kappa shape index (κ2) is 9.11. The van der Waals surface area contributed by atoms with Gasteiger partial charge in [0, 0.05) is 31.9 Å². The molecule has 34 heavy (non-hydrogen) atoms. The van der Waals surface area contributed by atoms with Gasteiger partial charge in [-0.15, -0.1) is 0 Å². The molecule has 3 aromatic heterocycles. The molecule has 0 bridgehead atoms. The molecule has 0 radical (unpaired) electrons. The van der Waals surface area contributed by atoms with Crippen LogP contribution in [0.2, 0.25) is 0 Å². The van der Waals surface area contributed by atoms with Crippen molar-refractivity contribution in [3.63, 3.8) is 0 Å². The van der Waals surface area contributed by atoms with E-state index in [1.54, 1.807) is 6.20 Å². The van der Waals surface area contributed by atoms with Crippen molar-refractivity contribution in [2.45, 2.75) is 51.0 Å². The Hall–Kier alpha value is -3.37. The van der Waals surface area contributed by atoms with Crippen LogP contribution in [0.1, 0.15) is 67.0 Å². The summed E-state index contributed by atoms with van der Waals surface area (Å²) in [4.78, 5) is 30.7. The minimum absolute atomic E-state index is 0.0110. The van der Waals surface area contributed by atoms with E-state index < -0.39 is 18.0 Å². The Balaban J connectivity index is 1.37. The van der Waals surface area contributed by atoms with E-state index in [1.807, 2.05) is 18.0 Å². The number of carbonyl (C=O) groups is 2. The summed E-state index contributed by atoms with van der Waals surface area (Å²) in [6.45, 7) is 0.893. The number of alkyl halides is 2. The number of nitrogens with one attached hydrogen (secondary N) is 1. The second-order valence-electron chi connectivity index (χ2n) is 9.30. The first-order valence-electron chi connectivity index (χ1n) is 11.6. The first kappa shape index (κ1) is 22.4. The van der Waals surface area contributed by atoms with Crippen LogP contribution in [-0.2, 0) is 4.79 Å². The van der Waals surface area contributed by atoms with Crippen molar-refractivity contribution in [2.24, 2.45) is 11.8 Å². The summed E-state index contributed by atoms with van der Waals surface area (Å²) in [6, 6.07) is 1.75. The largest absolute Gasteiger partial charge is 0.359 e. The molecular formula is C23H27F2N7O2. The molecule has 0 unspecified atom stereocenters. The molecule has 9 nitrogen and oxygen atoms in total. The van der Waals surface area contributed by atoms with Crippen molar-refractivity contribution < 1.29 is 18.4 Å². The number of nitrogens with zero attached hydrogens (tertiary/aromatic N) is 6. The van der Waals surface area contributed by atoms with E-state index in [0.29, 0.717) is 37.2 Å². The Bertz CT molecular complexity index is 1200. The smallest absolute Gasteiger partial charge is 0.284 e. The molecule has 11 heteroatoms. The fraction of sp³-hybridized carbons (Fsp3) is 0.522. The van der Waals surface area contributed by atoms with Crippen LogP contribution in [0.15, 0.2) is 24.7 Å². The summed E-state index contributed by atoms with van der Waals surface area (Å²) in [6.07, 6.45) is 7.87. The minimum atomic E-state index is -2.84. The zero-order valence-electron chi connectivity index (χ0n) is 18.9. The third kappa shape index (κ3) is 4.51. The zero-order chi connectivity index (χ0) is 23.8. The van der Waals surface area contributed by atoms with E-state index in [4.69, 9.17) is 0 Å². The number of hydrogen-bond acceptors (Lipinski definition) is 6. The molecule has 180 valence electrons. The average molecular weight is 472 g/mol. The van der Waals surface area contributed by atoms with Gasteiger partial charge in [0.1, 0.15) is 17.7 Å². The van der Waals surface area contributed by atoms with E-state index in [2.05, 4.69) is 20.5 Å². The van der Waals surface area contributed by atoms with Crippen LogP contribution in [0, 0.1) is 11.8 Å². The van der Waals surface area contributed by atoms with E-state index in [-0.39, 0.29) is 23.2 Å². The normalized spacial score (nSPS) is 20.6. The number of rotatable bonds is 8. The molecule has 0 aromatic carbocycles. The molecule has 3 aromatic rings. The van der Waals surface area contributed by atoms with Gasteiger partial charge in [0.05, 0.1) is 17.9 Å². The standard InChI is InChI=1S/C23H27F2N7O2/c1-30(11-14-2-3-14)19-8-9-31-22(28-19)17(10-26-31)23(34)27-18-12-32(29-20(18)21(24)25)16-6-4-15(13-33)5-7-16/h8-10,12-16,21H,2-7,11H2,1H3,(H,27,34)/t15-,16-. The Morgan fingerprint density at radius 1 is 1.26 bits per heavy atom. The monoisotopic (exact) mass is 471 g/mol. The van der Waals surface area contributed by atoms with Gasteiger partial charge in [0.2, 0.25) is 0 Å². The molecular weight excluding hydrogens is 444 g/mol. The first-order chi connectivity index (χ1) is 16.4. The number of fused-ring (bicyclic) bond motifs is 1. The maximum atomic E-state index is 13.7.